The zero-order valence-electron chi connectivity index (χ0n) is 16.9. The van der Waals surface area contributed by atoms with Crippen LogP contribution in [0.2, 0.25) is 0 Å². The fourth-order valence-electron chi connectivity index (χ4n) is 4.03. The number of benzene rings is 1. The third kappa shape index (κ3) is 3.38. The number of H-pyrrole nitrogens is 1. The molecule has 1 aliphatic rings. The van der Waals surface area contributed by atoms with Crippen LogP contribution in [-0.2, 0) is 7.05 Å². The number of hydrogen-bond acceptors (Lipinski definition) is 4. The SMILES string of the molecule is [C-]#[N+]c1cc(F)c(Nc2ccc3c(c2)[nH]c(=O)n3C)nc1N1C[C@@H](C)C(F)[C@@H](C)C1. The molecule has 9 heteroatoms. The van der Waals surface area contributed by atoms with Gasteiger partial charge in [-0.1, -0.05) is 13.8 Å². The van der Waals surface area contributed by atoms with Gasteiger partial charge in [0.25, 0.3) is 0 Å². The molecule has 0 saturated carbocycles. The summed E-state index contributed by atoms with van der Waals surface area (Å²) in [4.78, 5) is 24.2. The molecule has 0 spiro atoms. The summed E-state index contributed by atoms with van der Waals surface area (Å²) in [5, 5.41) is 2.93. The number of halogens is 2. The van der Waals surface area contributed by atoms with E-state index in [9.17, 15) is 13.6 Å². The predicted octanol–water partition coefficient (Wildman–Crippen LogP) is 4.13. The molecule has 1 aromatic carbocycles. The molecule has 3 aromatic rings. The van der Waals surface area contributed by atoms with Crippen molar-refractivity contribution < 1.29 is 8.78 Å². The summed E-state index contributed by atoms with van der Waals surface area (Å²) in [6.45, 7) is 11.9. The zero-order chi connectivity index (χ0) is 21.6. The fraction of sp³-hybridized carbons (Fsp3) is 0.381. The van der Waals surface area contributed by atoms with Crippen molar-refractivity contribution in [1.82, 2.24) is 14.5 Å². The van der Waals surface area contributed by atoms with Crippen molar-refractivity contribution in [2.75, 3.05) is 23.3 Å². The Balaban J connectivity index is 1.70. The van der Waals surface area contributed by atoms with Gasteiger partial charge in [-0.3, -0.25) is 4.57 Å². The standard InChI is InChI=1S/C21H22F2N6O/c1-11-9-29(10-12(2)18(11)23)20-16(24-3)8-14(22)19(27-20)25-13-5-6-17-15(7-13)26-21(30)28(17)4/h5-8,11-12,18H,9-10H2,1-2,4H3,(H,25,27)(H,26,30)/t11-,12+,18?. The molecule has 7 nitrogen and oxygen atoms in total. The zero-order valence-corrected chi connectivity index (χ0v) is 16.9. The van der Waals surface area contributed by atoms with Crippen LogP contribution in [0.4, 0.5) is 31.8 Å². The summed E-state index contributed by atoms with van der Waals surface area (Å²) in [6, 6.07) is 6.31. The van der Waals surface area contributed by atoms with E-state index in [0.29, 0.717) is 30.1 Å². The van der Waals surface area contributed by atoms with Gasteiger partial charge in [0.2, 0.25) is 5.69 Å². The van der Waals surface area contributed by atoms with Gasteiger partial charge >= 0.3 is 5.69 Å². The molecular weight excluding hydrogens is 390 g/mol. The van der Waals surface area contributed by atoms with Gasteiger partial charge in [-0.25, -0.2) is 23.4 Å². The van der Waals surface area contributed by atoms with E-state index in [0.717, 1.165) is 11.6 Å². The third-order valence-corrected chi connectivity index (χ3v) is 5.63. The van der Waals surface area contributed by atoms with E-state index in [1.165, 1.54) is 4.57 Å². The summed E-state index contributed by atoms with van der Waals surface area (Å²) in [7, 11) is 1.66. The topological polar surface area (TPSA) is 70.3 Å². The van der Waals surface area contributed by atoms with E-state index in [-0.39, 0.29) is 29.0 Å². The lowest BCUT2D eigenvalue weighted by atomic mass is 9.89. The van der Waals surface area contributed by atoms with E-state index in [2.05, 4.69) is 20.1 Å². The number of alkyl halides is 1. The van der Waals surface area contributed by atoms with Gasteiger partial charge in [-0.05, 0) is 24.3 Å². The second kappa shape index (κ2) is 7.44. The Morgan fingerprint density at radius 2 is 1.97 bits per heavy atom. The van der Waals surface area contributed by atoms with Crippen LogP contribution in [0.1, 0.15) is 13.8 Å². The van der Waals surface area contributed by atoms with E-state index < -0.39 is 12.0 Å². The minimum absolute atomic E-state index is 0.0299. The number of piperidine rings is 1. The Morgan fingerprint density at radius 1 is 1.27 bits per heavy atom. The number of imidazole rings is 1. The predicted molar refractivity (Wildman–Crippen MR) is 113 cm³/mol. The quantitative estimate of drug-likeness (QED) is 0.635. The maximum Gasteiger partial charge on any atom is 0.326 e. The Morgan fingerprint density at radius 3 is 2.63 bits per heavy atom. The first-order chi connectivity index (χ1) is 14.3. The van der Waals surface area contributed by atoms with Gasteiger partial charge in [0.15, 0.2) is 11.6 Å². The van der Waals surface area contributed by atoms with Crippen LogP contribution in [0.25, 0.3) is 15.9 Å². The van der Waals surface area contributed by atoms with Gasteiger partial charge in [-0.2, -0.15) is 0 Å². The second-order valence-electron chi connectivity index (χ2n) is 7.92. The summed E-state index contributed by atoms with van der Waals surface area (Å²) < 4.78 is 30.4. The largest absolute Gasteiger partial charge is 0.364 e. The number of nitrogens with one attached hydrogen (secondary N) is 2. The molecule has 3 heterocycles. The molecule has 0 radical (unpaired) electrons. The Bertz CT molecular complexity index is 1200. The fourth-order valence-corrected chi connectivity index (χ4v) is 4.03. The lowest BCUT2D eigenvalue weighted by molar-refractivity contribution is 0.148. The summed E-state index contributed by atoms with van der Waals surface area (Å²) >= 11 is 0. The van der Waals surface area contributed by atoms with E-state index in [4.69, 9.17) is 6.57 Å². The summed E-state index contributed by atoms with van der Waals surface area (Å²) in [6.07, 6.45) is -0.921. The van der Waals surface area contributed by atoms with Gasteiger partial charge in [0, 0.05) is 37.7 Å². The van der Waals surface area contributed by atoms with Crippen LogP contribution in [-0.4, -0.2) is 33.8 Å². The molecule has 0 bridgehead atoms. The van der Waals surface area contributed by atoms with E-state index >= 15 is 0 Å². The highest BCUT2D eigenvalue weighted by molar-refractivity contribution is 5.81. The van der Waals surface area contributed by atoms with Gasteiger partial charge in [0.1, 0.15) is 12.0 Å². The van der Waals surface area contributed by atoms with Crippen LogP contribution >= 0.6 is 0 Å². The Hall–Kier alpha value is -3.41. The van der Waals surface area contributed by atoms with Crippen molar-refractivity contribution in [1.29, 1.82) is 0 Å². The third-order valence-electron chi connectivity index (χ3n) is 5.63. The number of aromatic amines is 1. The molecule has 1 aliphatic heterocycles. The minimum Gasteiger partial charge on any atom is -0.364 e. The first-order valence-corrected chi connectivity index (χ1v) is 9.71. The van der Waals surface area contributed by atoms with Crippen molar-refractivity contribution in [2.45, 2.75) is 20.0 Å². The molecule has 0 amide bonds. The molecule has 4 rings (SSSR count). The molecule has 3 atom stereocenters. The molecule has 1 fully saturated rings. The van der Waals surface area contributed by atoms with Crippen molar-refractivity contribution in [3.05, 3.63) is 52.0 Å². The van der Waals surface area contributed by atoms with Gasteiger partial charge < -0.3 is 15.2 Å². The number of pyridine rings is 1. The lowest BCUT2D eigenvalue weighted by Crippen LogP contribution is -2.46. The van der Waals surface area contributed by atoms with Crippen LogP contribution in [0.3, 0.4) is 0 Å². The number of rotatable bonds is 3. The highest BCUT2D eigenvalue weighted by atomic mass is 19.1. The van der Waals surface area contributed by atoms with Crippen LogP contribution < -0.4 is 15.9 Å². The summed E-state index contributed by atoms with van der Waals surface area (Å²) in [5.74, 6) is -0.778. The number of hydrogen-bond donors (Lipinski definition) is 2. The monoisotopic (exact) mass is 412 g/mol. The number of nitrogens with zero attached hydrogens (tertiary/aromatic N) is 4. The Kier molecular flexibility index (Phi) is 4.94. The molecule has 0 aliphatic carbocycles. The van der Waals surface area contributed by atoms with Crippen molar-refractivity contribution >= 4 is 34.0 Å². The minimum atomic E-state index is -0.921. The second-order valence-corrected chi connectivity index (χ2v) is 7.92. The number of fused-ring (bicyclic) bond motifs is 1. The smallest absolute Gasteiger partial charge is 0.326 e. The molecule has 2 N–H and O–H groups in total. The highest BCUT2D eigenvalue weighted by Gasteiger charge is 2.33. The highest BCUT2D eigenvalue weighted by Crippen LogP contribution is 2.36. The lowest BCUT2D eigenvalue weighted by Gasteiger charge is -2.39. The molecule has 156 valence electrons. The van der Waals surface area contributed by atoms with Crippen molar-refractivity contribution in [3.8, 4) is 0 Å². The molecular formula is C21H22F2N6O. The molecule has 1 unspecified atom stereocenters. The number of anilines is 3. The van der Waals surface area contributed by atoms with Crippen LogP contribution in [0.15, 0.2) is 29.1 Å². The van der Waals surface area contributed by atoms with E-state index in [1.807, 2.05) is 18.7 Å². The van der Waals surface area contributed by atoms with E-state index in [1.54, 1.807) is 25.2 Å². The van der Waals surface area contributed by atoms with Crippen LogP contribution in [0, 0.1) is 24.2 Å². The van der Waals surface area contributed by atoms with Gasteiger partial charge in [0.05, 0.1) is 17.6 Å². The van der Waals surface area contributed by atoms with Crippen LogP contribution in [0.5, 0.6) is 0 Å². The molecule has 2 aromatic heterocycles. The number of aromatic nitrogens is 3. The summed E-state index contributed by atoms with van der Waals surface area (Å²) in [5.41, 5.74) is 1.73. The maximum absolute atomic E-state index is 14.7. The Labute approximate surface area is 172 Å². The van der Waals surface area contributed by atoms with Crippen molar-refractivity contribution in [2.24, 2.45) is 18.9 Å². The molecule has 30 heavy (non-hydrogen) atoms. The first-order valence-electron chi connectivity index (χ1n) is 9.71. The normalized spacial score (nSPS) is 21.6. The average molecular weight is 412 g/mol. The maximum atomic E-state index is 14.7. The van der Waals surface area contributed by atoms with Crippen molar-refractivity contribution in [3.63, 3.8) is 0 Å². The average Bonchev–Trinajstić information content (AvgIpc) is 3.00. The number of aryl methyl sites for hydroxylation is 1. The molecule has 1 saturated heterocycles. The first kappa shape index (κ1) is 19.9. The van der Waals surface area contributed by atoms with Gasteiger partial charge in [-0.15, -0.1) is 0 Å².